The van der Waals surface area contributed by atoms with Crippen molar-refractivity contribution >= 4 is 39.4 Å². The van der Waals surface area contributed by atoms with Gasteiger partial charge < -0.3 is 9.47 Å². The summed E-state index contributed by atoms with van der Waals surface area (Å²) in [5.74, 6) is -1.34. The number of carbonyl (C=O) groups excluding carboxylic acids is 2. The zero-order valence-corrected chi connectivity index (χ0v) is 13.2. The molecule has 0 unspecified atom stereocenters. The maximum atomic E-state index is 11.7. The summed E-state index contributed by atoms with van der Waals surface area (Å²) < 4.78 is 9.26. The van der Waals surface area contributed by atoms with E-state index in [2.05, 4.69) is 19.4 Å². The fourth-order valence-corrected chi connectivity index (χ4v) is 2.44. The molecule has 0 saturated carbocycles. The Bertz CT molecular complexity index is 1050. The van der Waals surface area contributed by atoms with Crippen LogP contribution in [0.2, 0.25) is 0 Å². The molecule has 1 aromatic carbocycles. The van der Waals surface area contributed by atoms with E-state index in [1.807, 2.05) is 0 Å². The molecular formula is C16H11N3O6. The highest BCUT2D eigenvalue weighted by atomic mass is 16.6. The van der Waals surface area contributed by atoms with Crippen molar-refractivity contribution in [3.63, 3.8) is 0 Å². The molecule has 2 heterocycles. The number of fused-ring (bicyclic) bond motifs is 3. The third kappa shape index (κ3) is 2.71. The monoisotopic (exact) mass is 341 g/mol. The molecule has 3 aromatic rings. The van der Waals surface area contributed by atoms with Gasteiger partial charge in [-0.25, -0.2) is 19.6 Å². The molecule has 0 saturated heterocycles. The van der Waals surface area contributed by atoms with Gasteiger partial charge >= 0.3 is 11.9 Å². The average molecular weight is 341 g/mol. The Labute approximate surface area is 140 Å². The highest BCUT2D eigenvalue weighted by Gasteiger charge is 2.20. The molecule has 0 amide bonds. The number of benzene rings is 1. The zero-order chi connectivity index (χ0) is 18.1. The van der Waals surface area contributed by atoms with Crippen molar-refractivity contribution in [3.8, 4) is 0 Å². The SMILES string of the molecule is COC(=O)c1ccc2cc([N+](=O)[O-])c3ccc(C(=O)OC)nc3c2n1. The van der Waals surface area contributed by atoms with Gasteiger partial charge in [0.1, 0.15) is 16.9 Å². The Morgan fingerprint density at radius 1 is 0.960 bits per heavy atom. The van der Waals surface area contributed by atoms with Crippen molar-refractivity contribution in [2.24, 2.45) is 0 Å². The number of ether oxygens (including phenoxy) is 2. The van der Waals surface area contributed by atoms with Crippen LogP contribution in [0.1, 0.15) is 21.0 Å². The highest BCUT2D eigenvalue weighted by molar-refractivity contribution is 6.09. The predicted molar refractivity (Wildman–Crippen MR) is 86.4 cm³/mol. The van der Waals surface area contributed by atoms with Gasteiger partial charge in [0.15, 0.2) is 0 Å². The largest absolute Gasteiger partial charge is 0.464 e. The lowest BCUT2D eigenvalue weighted by molar-refractivity contribution is -0.382. The van der Waals surface area contributed by atoms with Crippen LogP contribution in [0.4, 0.5) is 5.69 Å². The fraction of sp³-hybridized carbons (Fsp3) is 0.125. The normalized spacial score (nSPS) is 10.6. The quantitative estimate of drug-likeness (QED) is 0.308. The molecule has 3 rings (SSSR count). The lowest BCUT2D eigenvalue weighted by Crippen LogP contribution is -2.06. The summed E-state index contributed by atoms with van der Waals surface area (Å²) in [6.45, 7) is 0. The molecule has 0 aliphatic carbocycles. The fourth-order valence-electron chi connectivity index (χ4n) is 2.44. The summed E-state index contributed by atoms with van der Waals surface area (Å²) >= 11 is 0. The van der Waals surface area contributed by atoms with Crippen LogP contribution in [0.25, 0.3) is 21.8 Å². The van der Waals surface area contributed by atoms with E-state index in [-0.39, 0.29) is 33.5 Å². The summed E-state index contributed by atoms with van der Waals surface area (Å²) in [5.41, 5.74) is 0.184. The van der Waals surface area contributed by atoms with E-state index in [9.17, 15) is 19.7 Å². The first-order chi connectivity index (χ1) is 12.0. The molecule has 0 spiro atoms. The lowest BCUT2D eigenvalue weighted by atomic mass is 10.1. The molecule has 126 valence electrons. The number of esters is 2. The molecule has 2 aromatic heterocycles. The van der Waals surface area contributed by atoms with E-state index >= 15 is 0 Å². The number of pyridine rings is 2. The minimum Gasteiger partial charge on any atom is -0.464 e. The smallest absolute Gasteiger partial charge is 0.356 e. The number of nitro benzene ring substituents is 1. The van der Waals surface area contributed by atoms with Gasteiger partial charge in [-0.1, -0.05) is 6.07 Å². The number of aromatic nitrogens is 2. The van der Waals surface area contributed by atoms with Gasteiger partial charge in [0.2, 0.25) is 0 Å². The van der Waals surface area contributed by atoms with Crippen LogP contribution in [0.5, 0.6) is 0 Å². The number of methoxy groups -OCH3 is 2. The second-order valence-corrected chi connectivity index (χ2v) is 5.00. The first kappa shape index (κ1) is 16.2. The van der Waals surface area contributed by atoms with Crippen LogP contribution in [0, 0.1) is 10.1 Å². The molecule has 0 radical (unpaired) electrons. The third-order valence-electron chi connectivity index (χ3n) is 3.60. The van der Waals surface area contributed by atoms with Gasteiger partial charge in [-0.2, -0.15) is 0 Å². The van der Waals surface area contributed by atoms with Crippen molar-refractivity contribution in [3.05, 3.63) is 51.8 Å². The van der Waals surface area contributed by atoms with E-state index < -0.39 is 16.9 Å². The molecule has 0 bridgehead atoms. The Morgan fingerprint density at radius 2 is 1.52 bits per heavy atom. The molecule has 0 aliphatic heterocycles. The van der Waals surface area contributed by atoms with Crippen molar-refractivity contribution in [1.82, 2.24) is 9.97 Å². The molecule has 0 aliphatic rings. The molecule has 9 nitrogen and oxygen atoms in total. The van der Waals surface area contributed by atoms with Crippen LogP contribution in [-0.2, 0) is 9.47 Å². The summed E-state index contributed by atoms with van der Waals surface area (Å²) in [6.07, 6.45) is 0. The first-order valence-corrected chi connectivity index (χ1v) is 7.01. The predicted octanol–water partition coefficient (Wildman–Crippen LogP) is 2.26. The van der Waals surface area contributed by atoms with E-state index in [1.165, 1.54) is 44.6 Å². The average Bonchev–Trinajstić information content (AvgIpc) is 2.64. The second kappa shape index (κ2) is 6.11. The second-order valence-electron chi connectivity index (χ2n) is 5.00. The number of nitrogens with zero attached hydrogens (tertiary/aromatic N) is 3. The standard InChI is InChI=1S/C16H11N3O6/c1-24-15(20)10-5-3-8-7-12(19(22)23)9-4-6-11(16(21)25-2)18-14(9)13(8)17-10/h3-7H,1-2H3. The van der Waals surface area contributed by atoms with Gasteiger partial charge in [0.05, 0.1) is 30.0 Å². The first-order valence-electron chi connectivity index (χ1n) is 7.01. The van der Waals surface area contributed by atoms with Crippen LogP contribution in [0.3, 0.4) is 0 Å². The number of nitro groups is 1. The minimum atomic E-state index is -0.689. The summed E-state index contributed by atoms with van der Waals surface area (Å²) in [6, 6.07) is 6.97. The molecule has 0 fully saturated rings. The number of carbonyl (C=O) groups is 2. The topological polar surface area (TPSA) is 122 Å². The van der Waals surface area contributed by atoms with Gasteiger partial charge in [-0.15, -0.1) is 0 Å². The van der Waals surface area contributed by atoms with Crippen molar-refractivity contribution in [2.45, 2.75) is 0 Å². The molecular weight excluding hydrogens is 330 g/mol. The maximum Gasteiger partial charge on any atom is 0.356 e. The summed E-state index contributed by atoms with van der Waals surface area (Å²) in [7, 11) is 2.42. The molecule has 9 heteroatoms. The number of hydrogen-bond acceptors (Lipinski definition) is 8. The van der Waals surface area contributed by atoms with Gasteiger partial charge in [-0.3, -0.25) is 10.1 Å². The molecule has 25 heavy (non-hydrogen) atoms. The summed E-state index contributed by atoms with van der Waals surface area (Å²) in [4.78, 5) is 42.6. The Hall–Kier alpha value is -3.62. The van der Waals surface area contributed by atoms with Crippen molar-refractivity contribution in [2.75, 3.05) is 14.2 Å². The third-order valence-corrected chi connectivity index (χ3v) is 3.60. The Morgan fingerprint density at radius 3 is 2.08 bits per heavy atom. The van der Waals surface area contributed by atoms with Crippen LogP contribution in [-0.4, -0.2) is 41.0 Å². The zero-order valence-electron chi connectivity index (χ0n) is 13.2. The maximum absolute atomic E-state index is 11.7. The van der Waals surface area contributed by atoms with Crippen LogP contribution < -0.4 is 0 Å². The summed E-state index contributed by atoms with van der Waals surface area (Å²) in [5, 5.41) is 11.9. The van der Waals surface area contributed by atoms with Gasteiger partial charge in [-0.05, 0) is 18.2 Å². The van der Waals surface area contributed by atoms with E-state index in [4.69, 9.17) is 0 Å². The van der Waals surface area contributed by atoms with Crippen molar-refractivity contribution < 1.29 is 24.0 Å². The van der Waals surface area contributed by atoms with E-state index in [0.29, 0.717) is 5.39 Å². The number of non-ortho nitro benzene ring substituents is 1. The molecule has 0 atom stereocenters. The Kier molecular flexibility index (Phi) is 3.97. The van der Waals surface area contributed by atoms with Gasteiger partial charge in [0, 0.05) is 11.5 Å². The number of rotatable bonds is 3. The van der Waals surface area contributed by atoms with E-state index in [1.54, 1.807) is 0 Å². The van der Waals surface area contributed by atoms with Crippen LogP contribution >= 0.6 is 0 Å². The molecule has 0 N–H and O–H groups in total. The van der Waals surface area contributed by atoms with E-state index in [0.717, 1.165) is 0 Å². The number of hydrogen-bond donors (Lipinski definition) is 0. The van der Waals surface area contributed by atoms with Crippen LogP contribution in [0.15, 0.2) is 30.3 Å². The van der Waals surface area contributed by atoms with Gasteiger partial charge in [0.25, 0.3) is 5.69 Å². The highest BCUT2D eigenvalue weighted by Crippen LogP contribution is 2.31. The van der Waals surface area contributed by atoms with Crippen molar-refractivity contribution in [1.29, 1.82) is 0 Å². The Balaban J connectivity index is 2.42. The lowest BCUT2D eigenvalue weighted by Gasteiger charge is -2.07. The minimum absolute atomic E-state index is 0.0235.